The predicted molar refractivity (Wildman–Crippen MR) is 143 cm³/mol. The van der Waals surface area contributed by atoms with Crippen molar-refractivity contribution in [2.24, 2.45) is 17.8 Å². The van der Waals surface area contributed by atoms with E-state index in [1.54, 1.807) is 30.3 Å². The molecule has 38 heavy (non-hydrogen) atoms. The van der Waals surface area contributed by atoms with Crippen molar-refractivity contribution in [3.8, 4) is 5.75 Å². The SMILES string of the molecule is CC/C(=C\c1cccc(O)c1)CC[C@H]1OC[C@H]2C1=C(CO)C[C@H]1C(=O)N(c3cccc(B(O)O)c3)C(=O)[C@H]12. The number of rotatable bonds is 8. The molecule has 0 aromatic heterocycles. The van der Waals surface area contributed by atoms with Gasteiger partial charge in [0.1, 0.15) is 5.75 Å². The van der Waals surface area contributed by atoms with Crippen LogP contribution in [0.3, 0.4) is 0 Å². The number of hydrogen-bond acceptors (Lipinski definition) is 7. The maximum atomic E-state index is 13.6. The third-order valence-corrected chi connectivity index (χ3v) is 8.05. The Morgan fingerprint density at radius 2 is 1.89 bits per heavy atom. The lowest BCUT2D eigenvalue weighted by molar-refractivity contribution is -0.122. The minimum atomic E-state index is -1.71. The van der Waals surface area contributed by atoms with E-state index in [2.05, 4.69) is 13.0 Å². The van der Waals surface area contributed by atoms with Crippen molar-refractivity contribution in [1.29, 1.82) is 0 Å². The molecular formula is C29H32BNO7. The smallest absolute Gasteiger partial charge is 0.488 e. The first-order chi connectivity index (χ1) is 18.3. The zero-order valence-corrected chi connectivity index (χ0v) is 21.3. The molecule has 2 aromatic carbocycles. The second-order valence-corrected chi connectivity index (χ2v) is 10.3. The molecule has 4 atom stereocenters. The molecule has 2 heterocycles. The standard InChI is InChI=1S/C29H32BNO7/c1-2-17(11-18-5-3-8-22(33)12-18)9-10-25-26-19(15-32)13-23-27(24(26)16-38-25)29(35)31(28(23)34)21-7-4-6-20(14-21)30(36)37/h3-8,11-12,14,23-25,27,32-33,36-37H,2,9-10,13,15-16H2,1H3/b17-11+/t23-,24+,25-,27-/m1/s1. The molecule has 5 rings (SSSR count). The first kappa shape index (κ1) is 26.4. The third-order valence-electron chi connectivity index (χ3n) is 8.05. The van der Waals surface area contributed by atoms with Crippen molar-refractivity contribution in [3.63, 3.8) is 0 Å². The Morgan fingerprint density at radius 1 is 1.11 bits per heavy atom. The Kier molecular flexibility index (Phi) is 7.54. The lowest BCUT2D eigenvalue weighted by Crippen LogP contribution is -2.35. The van der Waals surface area contributed by atoms with Gasteiger partial charge in [-0.05, 0) is 72.1 Å². The first-order valence-corrected chi connectivity index (χ1v) is 13.1. The van der Waals surface area contributed by atoms with E-state index in [0.29, 0.717) is 25.1 Å². The average Bonchev–Trinajstić information content (AvgIpc) is 3.44. The van der Waals surface area contributed by atoms with E-state index in [0.717, 1.165) is 34.5 Å². The van der Waals surface area contributed by atoms with Gasteiger partial charge in [0, 0.05) is 5.92 Å². The molecule has 8 nitrogen and oxygen atoms in total. The summed E-state index contributed by atoms with van der Waals surface area (Å²) in [5.74, 6) is -1.87. The van der Waals surface area contributed by atoms with Gasteiger partial charge in [0.05, 0.1) is 36.8 Å². The van der Waals surface area contributed by atoms with E-state index in [1.165, 1.54) is 17.7 Å². The summed E-state index contributed by atoms with van der Waals surface area (Å²) in [6, 6.07) is 13.3. The van der Waals surface area contributed by atoms with E-state index in [9.17, 15) is 29.9 Å². The van der Waals surface area contributed by atoms with Gasteiger partial charge < -0.3 is 25.0 Å². The largest absolute Gasteiger partial charge is 0.508 e. The van der Waals surface area contributed by atoms with Crippen LogP contribution in [0.5, 0.6) is 5.75 Å². The summed E-state index contributed by atoms with van der Waals surface area (Å²) in [7, 11) is -1.71. The minimum Gasteiger partial charge on any atom is -0.508 e. The maximum absolute atomic E-state index is 13.6. The number of anilines is 1. The summed E-state index contributed by atoms with van der Waals surface area (Å²) in [6.07, 6.45) is 4.41. The molecule has 2 aromatic rings. The molecule has 0 spiro atoms. The fourth-order valence-electron chi connectivity index (χ4n) is 6.22. The monoisotopic (exact) mass is 517 g/mol. The average molecular weight is 517 g/mol. The van der Waals surface area contributed by atoms with Gasteiger partial charge in [0.2, 0.25) is 11.8 Å². The van der Waals surface area contributed by atoms with E-state index >= 15 is 0 Å². The van der Waals surface area contributed by atoms with Crippen LogP contribution >= 0.6 is 0 Å². The zero-order valence-electron chi connectivity index (χ0n) is 21.3. The van der Waals surface area contributed by atoms with Crippen LogP contribution in [-0.4, -0.2) is 58.5 Å². The number of aliphatic hydroxyl groups is 1. The highest BCUT2D eigenvalue weighted by atomic mass is 16.5. The molecule has 198 valence electrons. The summed E-state index contributed by atoms with van der Waals surface area (Å²) in [5, 5.41) is 39.1. The van der Waals surface area contributed by atoms with Gasteiger partial charge in [-0.15, -0.1) is 0 Å². The lowest BCUT2D eigenvalue weighted by Gasteiger charge is -2.31. The highest BCUT2D eigenvalue weighted by Gasteiger charge is 2.57. The molecule has 2 fully saturated rings. The summed E-state index contributed by atoms with van der Waals surface area (Å²) >= 11 is 0. The normalized spacial score (nSPS) is 25.2. The molecule has 2 aliphatic heterocycles. The number of phenols is 1. The molecule has 0 saturated carbocycles. The molecule has 9 heteroatoms. The number of hydrogen-bond donors (Lipinski definition) is 4. The van der Waals surface area contributed by atoms with Gasteiger partial charge in [0.15, 0.2) is 0 Å². The molecule has 2 amide bonds. The molecule has 0 bridgehead atoms. The number of amides is 2. The number of phenolic OH excluding ortho intramolecular Hbond substituents is 1. The second-order valence-electron chi connectivity index (χ2n) is 10.3. The van der Waals surface area contributed by atoms with Gasteiger partial charge >= 0.3 is 7.12 Å². The quantitative estimate of drug-likeness (QED) is 0.240. The highest BCUT2D eigenvalue weighted by Crippen LogP contribution is 2.50. The lowest BCUT2D eigenvalue weighted by atomic mass is 9.69. The molecule has 0 radical (unpaired) electrons. The van der Waals surface area contributed by atoms with Crippen molar-refractivity contribution in [2.45, 2.75) is 38.7 Å². The molecule has 4 N–H and O–H groups in total. The van der Waals surface area contributed by atoms with E-state index in [4.69, 9.17) is 4.74 Å². The third kappa shape index (κ3) is 4.83. The van der Waals surface area contributed by atoms with Crippen LogP contribution in [0.15, 0.2) is 65.3 Å². The van der Waals surface area contributed by atoms with Crippen molar-refractivity contribution in [1.82, 2.24) is 0 Å². The van der Waals surface area contributed by atoms with Crippen LogP contribution in [0.2, 0.25) is 0 Å². The number of imide groups is 1. The summed E-state index contributed by atoms with van der Waals surface area (Å²) in [6.45, 7) is 2.20. The van der Waals surface area contributed by atoms with Crippen LogP contribution in [0, 0.1) is 17.8 Å². The van der Waals surface area contributed by atoms with Crippen LogP contribution in [0.1, 0.15) is 38.2 Å². The van der Waals surface area contributed by atoms with Gasteiger partial charge in [-0.3, -0.25) is 14.5 Å². The van der Waals surface area contributed by atoms with Crippen molar-refractivity contribution >= 4 is 36.2 Å². The van der Waals surface area contributed by atoms with E-state index < -0.39 is 19.0 Å². The highest BCUT2D eigenvalue weighted by molar-refractivity contribution is 6.58. The predicted octanol–water partition coefficient (Wildman–Crippen LogP) is 2.16. The van der Waals surface area contributed by atoms with Gasteiger partial charge in [-0.25, -0.2) is 0 Å². The number of ether oxygens (including phenoxy) is 1. The Labute approximate surface area is 222 Å². The number of benzene rings is 2. The van der Waals surface area contributed by atoms with Crippen LogP contribution in [0.25, 0.3) is 6.08 Å². The molecule has 3 aliphatic rings. The number of allylic oxidation sites excluding steroid dienone is 1. The number of nitrogens with zero attached hydrogens (tertiary/aromatic N) is 1. The summed E-state index contributed by atoms with van der Waals surface area (Å²) in [4.78, 5) is 28.2. The minimum absolute atomic E-state index is 0.192. The Morgan fingerprint density at radius 3 is 2.61 bits per heavy atom. The van der Waals surface area contributed by atoms with Gasteiger partial charge in [-0.1, -0.05) is 42.8 Å². The number of aromatic hydroxyl groups is 1. The maximum Gasteiger partial charge on any atom is 0.488 e. The van der Waals surface area contributed by atoms with E-state index in [-0.39, 0.29) is 41.7 Å². The number of carbonyl (C=O) groups excluding carboxylic acids is 2. The summed E-state index contributed by atoms with van der Waals surface area (Å²) in [5.41, 5.74) is 4.36. The zero-order chi connectivity index (χ0) is 27.0. The Bertz CT molecular complexity index is 1300. The number of aliphatic hydroxyl groups excluding tert-OH is 1. The van der Waals surface area contributed by atoms with Crippen molar-refractivity contribution < 1.29 is 34.6 Å². The summed E-state index contributed by atoms with van der Waals surface area (Å²) < 4.78 is 6.20. The van der Waals surface area contributed by atoms with Gasteiger partial charge in [-0.2, -0.15) is 0 Å². The van der Waals surface area contributed by atoms with E-state index in [1.807, 2.05) is 6.07 Å². The fraction of sp³-hybridized carbons (Fsp3) is 0.379. The first-order valence-electron chi connectivity index (χ1n) is 13.1. The number of fused-ring (bicyclic) bond motifs is 3. The van der Waals surface area contributed by atoms with Crippen molar-refractivity contribution in [2.75, 3.05) is 18.1 Å². The Hall–Kier alpha value is -3.24. The Balaban J connectivity index is 1.37. The molecular weight excluding hydrogens is 485 g/mol. The molecule has 0 unspecified atom stereocenters. The molecule has 1 aliphatic carbocycles. The van der Waals surface area contributed by atoms with Crippen LogP contribution in [-0.2, 0) is 14.3 Å². The number of carbonyl (C=O) groups is 2. The second kappa shape index (κ2) is 10.9. The van der Waals surface area contributed by atoms with Gasteiger partial charge in [0.25, 0.3) is 0 Å². The fourth-order valence-corrected chi connectivity index (χ4v) is 6.22. The van der Waals surface area contributed by atoms with Crippen LogP contribution < -0.4 is 10.4 Å². The molecule has 2 saturated heterocycles. The van der Waals surface area contributed by atoms with Crippen molar-refractivity contribution in [3.05, 3.63) is 70.8 Å². The topological polar surface area (TPSA) is 128 Å². The van der Waals surface area contributed by atoms with Crippen LogP contribution in [0.4, 0.5) is 5.69 Å².